The average Bonchev–Trinajstić information content (AvgIpc) is 3.31. The van der Waals surface area contributed by atoms with E-state index in [4.69, 9.17) is 19.7 Å². The van der Waals surface area contributed by atoms with Gasteiger partial charge in [0, 0.05) is 5.56 Å². The first-order chi connectivity index (χ1) is 17.3. The smallest absolute Gasteiger partial charge is 0.336 e. The zero-order valence-electron chi connectivity index (χ0n) is 19.9. The molecule has 0 spiro atoms. The summed E-state index contributed by atoms with van der Waals surface area (Å²) in [6.45, 7) is 2.20. The highest BCUT2D eigenvalue weighted by molar-refractivity contribution is 5.84. The molecule has 36 heavy (non-hydrogen) atoms. The molecule has 1 aliphatic heterocycles. The number of halogens is 2. The van der Waals surface area contributed by atoms with Crippen molar-refractivity contribution in [2.24, 2.45) is 5.92 Å². The zero-order chi connectivity index (χ0) is 25.8. The largest absolute Gasteiger partial charge is 0.479 e. The number of hydrogen-bond donors (Lipinski definition) is 2. The van der Waals surface area contributed by atoms with Gasteiger partial charge in [0.1, 0.15) is 11.6 Å². The molecule has 4 rings (SSSR count). The summed E-state index contributed by atoms with van der Waals surface area (Å²) in [5, 5.41) is 18.3. The molecule has 1 saturated heterocycles. The monoisotopic (exact) mass is 498 g/mol. The van der Waals surface area contributed by atoms with Crippen molar-refractivity contribution in [2.75, 3.05) is 0 Å². The van der Waals surface area contributed by atoms with Gasteiger partial charge in [-0.05, 0) is 67.3 Å². The Bertz CT molecular complexity index is 1170. The molecular formula is C28H28F2O6. The standard InChI is InChI=1S/C28H28F2O6/c1-2-3-16-4-6-17(7-5-16)20-12-10-18(22(29)14-20)8-9-19-11-13-21(15-23(19)30)28-35-24(26(31)32)25(36-28)27(33)34/h10-17,24-25,28H,2-7H2,1H3,(H,31,32)(H,33,34)/t16?,17?,24-,25-/m1/s1. The van der Waals surface area contributed by atoms with Crippen LogP contribution < -0.4 is 0 Å². The van der Waals surface area contributed by atoms with E-state index in [9.17, 15) is 18.4 Å². The average molecular weight is 499 g/mol. The summed E-state index contributed by atoms with van der Waals surface area (Å²) in [6.07, 6.45) is 2.11. The number of carboxylic acids is 2. The van der Waals surface area contributed by atoms with Gasteiger partial charge in [0.05, 0.1) is 11.1 Å². The molecule has 2 N–H and O–H groups in total. The molecule has 1 heterocycles. The number of aliphatic carboxylic acids is 2. The van der Waals surface area contributed by atoms with Gasteiger partial charge in [0.2, 0.25) is 0 Å². The Labute approximate surface area is 208 Å². The summed E-state index contributed by atoms with van der Waals surface area (Å²) in [5.74, 6) is 2.23. The molecule has 0 unspecified atom stereocenters. The van der Waals surface area contributed by atoms with E-state index in [-0.39, 0.29) is 16.7 Å². The van der Waals surface area contributed by atoms with E-state index in [1.807, 2.05) is 6.07 Å². The summed E-state index contributed by atoms with van der Waals surface area (Å²) in [7, 11) is 0. The molecule has 0 radical (unpaired) electrons. The number of rotatable bonds is 6. The molecular weight excluding hydrogens is 470 g/mol. The van der Waals surface area contributed by atoms with Gasteiger partial charge in [-0.15, -0.1) is 0 Å². The topological polar surface area (TPSA) is 93.1 Å². The Morgan fingerprint density at radius 1 is 0.861 bits per heavy atom. The van der Waals surface area contributed by atoms with Gasteiger partial charge in [-0.1, -0.05) is 43.7 Å². The zero-order valence-corrected chi connectivity index (χ0v) is 19.9. The molecule has 2 atom stereocenters. The molecule has 1 saturated carbocycles. The van der Waals surface area contributed by atoms with Crippen LogP contribution in [0.5, 0.6) is 0 Å². The summed E-state index contributed by atoms with van der Waals surface area (Å²) < 4.78 is 39.7. The molecule has 8 heteroatoms. The fourth-order valence-corrected chi connectivity index (χ4v) is 4.97. The van der Waals surface area contributed by atoms with E-state index >= 15 is 0 Å². The Hall–Kier alpha value is -3.28. The van der Waals surface area contributed by atoms with Crippen molar-refractivity contribution >= 4 is 11.9 Å². The van der Waals surface area contributed by atoms with Crippen LogP contribution in [0.2, 0.25) is 0 Å². The predicted octanol–water partition coefficient (Wildman–Crippen LogP) is 5.39. The first kappa shape index (κ1) is 25.8. The minimum absolute atomic E-state index is 0.000890. The minimum atomic E-state index is -1.72. The van der Waals surface area contributed by atoms with E-state index in [0.29, 0.717) is 5.92 Å². The van der Waals surface area contributed by atoms with E-state index in [0.717, 1.165) is 30.4 Å². The van der Waals surface area contributed by atoms with Crippen LogP contribution >= 0.6 is 0 Å². The van der Waals surface area contributed by atoms with Gasteiger partial charge < -0.3 is 19.7 Å². The first-order valence-corrected chi connectivity index (χ1v) is 12.1. The summed E-state index contributed by atoms with van der Waals surface area (Å²) in [5.41, 5.74) is 1.24. The molecule has 1 aliphatic carbocycles. The predicted molar refractivity (Wildman–Crippen MR) is 126 cm³/mol. The van der Waals surface area contributed by atoms with Crippen LogP contribution in [-0.4, -0.2) is 34.4 Å². The van der Waals surface area contributed by atoms with Crippen LogP contribution in [-0.2, 0) is 19.1 Å². The summed E-state index contributed by atoms with van der Waals surface area (Å²) in [4.78, 5) is 22.4. The third kappa shape index (κ3) is 5.75. The first-order valence-electron chi connectivity index (χ1n) is 12.1. The Balaban J connectivity index is 1.44. The van der Waals surface area contributed by atoms with Gasteiger partial charge in [-0.25, -0.2) is 18.4 Å². The lowest BCUT2D eigenvalue weighted by Crippen LogP contribution is -2.36. The van der Waals surface area contributed by atoms with E-state index in [2.05, 4.69) is 18.8 Å². The van der Waals surface area contributed by atoms with Crippen molar-refractivity contribution < 1.29 is 38.1 Å². The molecule has 2 aliphatic rings. The SMILES string of the molecule is CCCC1CCC(c2ccc(C#Cc3ccc(C4O[C@@H](C(=O)O)[C@H](C(=O)O)O4)cc3F)c(F)c2)CC1. The molecule has 0 aromatic heterocycles. The third-order valence-electron chi connectivity index (χ3n) is 6.91. The maximum Gasteiger partial charge on any atom is 0.336 e. The highest BCUT2D eigenvalue weighted by Crippen LogP contribution is 2.38. The molecule has 6 nitrogen and oxygen atoms in total. The van der Waals surface area contributed by atoms with Gasteiger partial charge in [-0.2, -0.15) is 0 Å². The fraction of sp³-hybridized carbons (Fsp3) is 0.429. The van der Waals surface area contributed by atoms with Crippen LogP contribution in [0, 0.1) is 29.4 Å². The van der Waals surface area contributed by atoms with Crippen LogP contribution in [0.3, 0.4) is 0 Å². The van der Waals surface area contributed by atoms with Crippen molar-refractivity contribution in [1.29, 1.82) is 0 Å². The molecule has 0 amide bonds. The third-order valence-corrected chi connectivity index (χ3v) is 6.91. The van der Waals surface area contributed by atoms with Crippen LogP contribution in [0.1, 0.15) is 79.9 Å². The van der Waals surface area contributed by atoms with Crippen LogP contribution in [0.15, 0.2) is 36.4 Å². The van der Waals surface area contributed by atoms with Gasteiger partial charge in [-0.3, -0.25) is 0 Å². The Kier molecular flexibility index (Phi) is 8.02. The maximum atomic E-state index is 14.8. The quantitative estimate of drug-likeness (QED) is 0.519. The Morgan fingerprint density at radius 3 is 1.83 bits per heavy atom. The highest BCUT2D eigenvalue weighted by Gasteiger charge is 2.46. The molecule has 2 aromatic carbocycles. The van der Waals surface area contributed by atoms with Crippen molar-refractivity contribution in [3.63, 3.8) is 0 Å². The second-order valence-corrected chi connectivity index (χ2v) is 9.36. The van der Waals surface area contributed by atoms with Gasteiger partial charge in [0.25, 0.3) is 0 Å². The highest BCUT2D eigenvalue weighted by atomic mass is 19.1. The number of hydrogen-bond acceptors (Lipinski definition) is 4. The normalized spacial score (nSPS) is 24.2. The molecule has 2 fully saturated rings. The second-order valence-electron chi connectivity index (χ2n) is 9.36. The number of benzene rings is 2. The summed E-state index contributed by atoms with van der Waals surface area (Å²) in [6, 6.07) is 8.81. The Morgan fingerprint density at radius 2 is 1.36 bits per heavy atom. The van der Waals surface area contributed by atoms with E-state index in [1.165, 1.54) is 43.9 Å². The van der Waals surface area contributed by atoms with Crippen LogP contribution in [0.4, 0.5) is 8.78 Å². The maximum absolute atomic E-state index is 14.8. The minimum Gasteiger partial charge on any atom is -0.479 e. The fourth-order valence-electron chi connectivity index (χ4n) is 4.97. The lowest BCUT2D eigenvalue weighted by Gasteiger charge is -2.28. The van der Waals surface area contributed by atoms with Gasteiger partial charge >= 0.3 is 11.9 Å². The van der Waals surface area contributed by atoms with Gasteiger partial charge in [0.15, 0.2) is 18.5 Å². The van der Waals surface area contributed by atoms with Crippen molar-refractivity contribution in [2.45, 2.75) is 69.9 Å². The van der Waals surface area contributed by atoms with Crippen molar-refractivity contribution in [3.05, 3.63) is 70.3 Å². The van der Waals surface area contributed by atoms with Crippen molar-refractivity contribution in [1.82, 2.24) is 0 Å². The molecule has 190 valence electrons. The van der Waals surface area contributed by atoms with E-state index in [1.54, 1.807) is 6.07 Å². The molecule has 2 aromatic rings. The lowest BCUT2D eigenvalue weighted by atomic mass is 9.77. The number of carboxylic acid groups (broad SMARTS) is 2. The van der Waals surface area contributed by atoms with E-state index < -0.39 is 42.1 Å². The number of carbonyl (C=O) groups is 2. The second kappa shape index (κ2) is 11.2. The lowest BCUT2D eigenvalue weighted by molar-refractivity contribution is -0.156. The summed E-state index contributed by atoms with van der Waals surface area (Å²) >= 11 is 0. The van der Waals surface area contributed by atoms with Crippen LogP contribution in [0.25, 0.3) is 0 Å². The van der Waals surface area contributed by atoms with Crippen molar-refractivity contribution in [3.8, 4) is 11.8 Å². The number of ether oxygens (including phenoxy) is 2. The molecule has 0 bridgehead atoms.